The number of Topliss-reactive ketones (excluding diaryl/α,β-unsaturated/α-hetero) is 1. The molecule has 0 saturated carbocycles. The molecule has 1 unspecified atom stereocenters. The minimum absolute atomic E-state index is 0.000321. The standard InChI is InChI=1S/C20H15N3O4S/c1-27-14-4-2-3-13(11-14)17(24)15-16(12-5-7-21-8-6-12)23(19(26)18(15)25)20-22-9-10-28-20/h2-11,16,24H,1H3/b17-15+. The number of pyridine rings is 1. The Bertz CT molecular complexity index is 1060. The first kappa shape index (κ1) is 17.9. The average Bonchev–Trinajstić information content (AvgIpc) is 3.35. The van der Waals surface area contributed by atoms with Gasteiger partial charge < -0.3 is 9.84 Å². The van der Waals surface area contributed by atoms with Crippen molar-refractivity contribution in [2.45, 2.75) is 6.04 Å². The second kappa shape index (κ2) is 7.24. The molecule has 28 heavy (non-hydrogen) atoms. The summed E-state index contributed by atoms with van der Waals surface area (Å²) in [5.74, 6) is -1.24. The fourth-order valence-electron chi connectivity index (χ4n) is 3.15. The highest BCUT2D eigenvalue weighted by molar-refractivity contribution is 7.14. The number of ketones is 1. The van der Waals surface area contributed by atoms with Crippen LogP contribution in [0, 0.1) is 0 Å². The summed E-state index contributed by atoms with van der Waals surface area (Å²) >= 11 is 1.24. The summed E-state index contributed by atoms with van der Waals surface area (Å²) in [6.07, 6.45) is 4.71. The number of hydrogen-bond acceptors (Lipinski definition) is 7. The lowest BCUT2D eigenvalue weighted by molar-refractivity contribution is -0.132. The molecule has 8 heteroatoms. The van der Waals surface area contributed by atoms with Crippen molar-refractivity contribution in [1.82, 2.24) is 9.97 Å². The second-order valence-electron chi connectivity index (χ2n) is 6.00. The zero-order valence-electron chi connectivity index (χ0n) is 14.8. The quantitative estimate of drug-likeness (QED) is 0.416. The molecule has 1 N–H and O–H groups in total. The van der Waals surface area contributed by atoms with E-state index >= 15 is 0 Å². The van der Waals surface area contributed by atoms with Crippen LogP contribution in [0.1, 0.15) is 17.2 Å². The van der Waals surface area contributed by atoms with Gasteiger partial charge in [-0.1, -0.05) is 12.1 Å². The van der Waals surface area contributed by atoms with E-state index in [1.165, 1.54) is 23.3 Å². The maximum absolute atomic E-state index is 12.9. The number of rotatable bonds is 4. The molecule has 140 valence electrons. The molecular weight excluding hydrogens is 378 g/mol. The van der Waals surface area contributed by atoms with Crippen molar-refractivity contribution >= 4 is 33.9 Å². The number of aliphatic hydroxyl groups is 1. The van der Waals surface area contributed by atoms with E-state index in [4.69, 9.17) is 4.74 Å². The van der Waals surface area contributed by atoms with E-state index in [0.29, 0.717) is 22.0 Å². The smallest absolute Gasteiger partial charge is 0.301 e. The summed E-state index contributed by atoms with van der Waals surface area (Å²) in [5.41, 5.74) is 1.03. The highest BCUT2D eigenvalue weighted by atomic mass is 32.1. The van der Waals surface area contributed by atoms with Crippen molar-refractivity contribution in [3.8, 4) is 5.75 Å². The number of amides is 1. The van der Waals surface area contributed by atoms with Gasteiger partial charge in [-0.3, -0.25) is 19.5 Å². The molecule has 1 atom stereocenters. The maximum atomic E-state index is 12.9. The Morgan fingerprint density at radius 1 is 1.18 bits per heavy atom. The number of thiazole rings is 1. The Labute approximate surface area is 164 Å². The summed E-state index contributed by atoms with van der Waals surface area (Å²) in [4.78, 5) is 35.2. The third-order valence-corrected chi connectivity index (χ3v) is 5.21. The molecule has 0 bridgehead atoms. The molecule has 1 aromatic carbocycles. The van der Waals surface area contributed by atoms with E-state index in [1.807, 2.05) is 0 Å². The van der Waals surface area contributed by atoms with Crippen molar-refractivity contribution in [3.05, 3.63) is 77.1 Å². The molecule has 4 rings (SSSR count). The van der Waals surface area contributed by atoms with Crippen molar-refractivity contribution in [3.63, 3.8) is 0 Å². The number of carbonyl (C=O) groups excluding carboxylic acids is 2. The van der Waals surface area contributed by atoms with Gasteiger partial charge in [0, 0.05) is 29.5 Å². The second-order valence-corrected chi connectivity index (χ2v) is 6.87. The SMILES string of the molecule is COc1cccc(/C(O)=C2\C(=O)C(=O)N(c3nccs3)C2c2ccncc2)c1. The number of carbonyl (C=O) groups is 2. The Morgan fingerprint density at radius 3 is 2.64 bits per heavy atom. The lowest BCUT2D eigenvalue weighted by atomic mass is 9.96. The first-order chi connectivity index (χ1) is 13.6. The van der Waals surface area contributed by atoms with Crippen LogP contribution in [0.25, 0.3) is 5.76 Å². The van der Waals surface area contributed by atoms with Gasteiger partial charge in [-0.05, 0) is 29.8 Å². The maximum Gasteiger partial charge on any atom is 0.301 e. The van der Waals surface area contributed by atoms with Gasteiger partial charge >= 0.3 is 5.91 Å². The average molecular weight is 393 g/mol. The molecule has 1 saturated heterocycles. The van der Waals surface area contributed by atoms with Gasteiger partial charge in [0.05, 0.1) is 18.7 Å². The molecule has 1 aliphatic rings. The fraction of sp³-hybridized carbons (Fsp3) is 0.100. The lowest BCUT2D eigenvalue weighted by Gasteiger charge is -2.22. The molecule has 1 amide bonds. The van der Waals surface area contributed by atoms with Crippen LogP contribution < -0.4 is 9.64 Å². The molecule has 3 heterocycles. The molecule has 3 aromatic rings. The molecule has 7 nitrogen and oxygen atoms in total. The first-order valence-corrected chi connectivity index (χ1v) is 9.24. The molecule has 1 aliphatic heterocycles. The normalized spacial score (nSPS) is 18.5. The van der Waals surface area contributed by atoms with Gasteiger partial charge in [0.15, 0.2) is 5.13 Å². The van der Waals surface area contributed by atoms with Crippen LogP contribution >= 0.6 is 11.3 Å². The van der Waals surface area contributed by atoms with Crippen molar-refractivity contribution in [2.75, 3.05) is 12.0 Å². The fourth-order valence-corrected chi connectivity index (χ4v) is 3.82. The largest absolute Gasteiger partial charge is 0.507 e. The topological polar surface area (TPSA) is 92.6 Å². The third-order valence-electron chi connectivity index (χ3n) is 4.43. The number of aliphatic hydroxyl groups excluding tert-OH is 1. The number of anilines is 1. The van der Waals surface area contributed by atoms with Gasteiger partial charge in [-0.15, -0.1) is 11.3 Å². The van der Waals surface area contributed by atoms with Crippen LogP contribution in [0.2, 0.25) is 0 Å². The number of hydrogen-bond donors (Lipinski definition) is 1. The van der Waals surface area contributed by atoms with Crippen LogP contribution in [0.15, 0.2) is 65.9 Å². The molecule has 0 radical (unpaired) electrons. The van der Waals surface area contributed by atoms with Gasteiger partial charge in [-0.2, -0.15) is 0 Å². The number of aromatic nitrogens is 2. The number of benzene rings is 1. The summed E-state index contributed by atoms with van der Waals surface area (Å²) in [6, 6.07) is 9.29. The summed E-state index contributed by atoms with van der Waals surface area (Å²) in [6.45, 7) is 0. The van der Waals surface area contributed by atoms with Gasteiger partial charge in [0.2, 0.25) is 0 Å². The zero-order valence-corrected chi connectivity index (χ0v) is 15.6. The molecular formula is C20H15N3O4S. The van der Waals surface area contributed by atoms with Gasteiger partial charge in [0.1, 0.15) is 11.5 Å². The summed E-state index contributed by atoms with van der Waals surface area (Å²) in [7, 11) is 1.51. The van der Waals surface area contributed by atoms with E-state index in [9.17, 15) is 14.7 Å². The minimum atomic E-state index is -0.805. The zero-order chi connectivity index (χ0) is 19.7. The Kier molecular flexibility index (Phi) is 4.62. The highest BCUT2D eigenvalue weighted by Crippen LogP contribution is 2.42. The van der Waals surface area contributed by atoms with Crippen LogP contribution in [-0.4, -0.2) is 33.9 Å². The summed E-state index contributed by atoms with van der Waals surface area (Å²) < 4.78 is 5.19. The van der Waals surface area contributed by atoms with Crippen molar-refractivity contribution in [2.24, 2.45) is 0 Å². The van der Waals surface area contributed by atoms with Crippen molar-refractivity contribution < 1.29 is 19.4 Å². The van der Waals surface area contributed by atoms with Crippen LogP contribution in [-0.2, 0) is 9.59 Å². The van der Waals surface area contributed by atoms with Crippen LogP contribution in [0.4, 0.5) is 5.13 Å². The first-order valence-electron chi connectivity index (χ1n) is 8.36. The highest BCUT2D eigenvalue weighted by Gasteiger charge is 2.47. The van der Waals surface area contributed by atoms with E-state index in [0.717, 1.165) is 0 Å². The molecule has 1 fully saturated rings. The third kappa shape index (κ3) is 2.93. The number of methoxy groups -OCH3 is 1. The van der Waals surface area contributed by atoms with Gasteiger partial charge in [0.25, 0.3) is 5.78 Å². The Morgan fingerprint density at radius 2 is 1.96 bits per heavy atom. The van der Waals surface area contributed by atoms with E-state index in [-0.39, 0.29) is 11.3 Å². The van der Waals surface area contributed by atoms with E-state index in [2.05, 4.69) is 9.97 Å². The van der Waals surface area contributed by atoms with Crippen molar-refractivity contribution in [1.29, 1.82) is 0 Å². The Balaban J connectivity index is 1.93. The molecule has 2 aromatic heterocycles. The predicted molar refractivity (Wildman–Crippen MR) is 104 cm³/mol. The van der Waals surface area contributed by atoms with Crippen LogP contribution in [0.3, 0.4) is 0 Å². The van der Waals surface area contributed by atoms with Crippen LogP contribution in [0.5, 0.6) is 5.75 Å². The number of nitrogens with zero attached hydrogens (tertiary/aromatic N) is 3. The molecule has 0 spiro atoms. The van der Waals surface area contributed by atoms with Gasteiger partial charge in [-0.25, -0.2) is 4.98 Å². The van der Waals surface area contributed by atoms with E-state index < -0.39 is 17.7 Å². The monoisotopic (exact) mass is 393 g/mol. The molecule has 0 aliphatic carbocycles. The summed E-state index contributed by atoms with van der Waals surface area (Å²) in [5, 5.41) is 13.1. The predicted octanol–water partition coefficient (Wildman–Crippen LogP) is 3.17. The number of ether oxygens (including phenoxy) is 1. The Hall–Kier alpha value is -3.52. The lowest BCUT2D eigenvalue weighted by Crippen LogP contribution is -2.29. The minimum Gasteiger partial charge on any atom is -0.507 e. The van der Waals surface area contributed by atoms with E-state index in [1.54, 1.807) is 60.4 Å².